The van der Waals surface area contributed by atoms with Gasteiger partial charge >= 0.3 is 0 Å². The van der Waals surface area contributed by atoms with Crippen molar-refractivity contribution in [2.24, 2.45) is 0 Å². The number of hydrogen-bond acceptors (Lipinski definition) is 18. The van der Waals surface area contributed by atoms with Crippen molar-refractivity contribution in [3.63, 3.8) is 0 Å². The van der Waals surface area contributed by atoms with Crippen LogP contribution in [-0.4, -0.2) is 89.7 Å². The van der Waals surface area contributed by atoms with Gasteiger partial charge in [0.25, 0.3) is 0 Å². The Hall–Kier alpha value is -16.9. The summed E-state index contributed by atoms with van der Waals surface area (Å²) >= 11 is 0. The highest BCUT2D eigenvalue weighted by atomic mass is 15.0. The van der Waals surface area contributed by atoms with Gasteiger partial charge in [-0.25, -0.2) is 69.8 Å². The molecule has 0 aliphatic carbocycles. The van der Waals surface area contributed by atoms with Gasteiger partial charge in [-0.2, -0.15) is 0 Å². The summed E-state index contributed by atoms with van der Waals surface area (Å²) in [6, 6.07) is 119. The second kappa shape index (κ2) is 40.3. The van der Waals surface area contributed by atoms with E-state index in [9.17, 15) is 0 Å². The SMILES string of the molecule is Cc1ccc(-c2nc(-c3ccccc3)cc(-c3ccccc3)n2)cn1.Cc1ccc(-c2nc(-c3ccccc3)cc(-c3ccccc3)n2)nc1.Cc1ccc(-c2nc(-c3ccccn3)cc(-c3ccccn3)n2)cc1.Cc1cnc(-c2nc(-c3ccccc3)cc(-c3ccccc3)n2)nc1.Cc1ncc(-c2nc(-c3ccccc3)cc(-c3ccccc3)n2)cn1. The molecule has 9 aromatic carbocycles. The monoisotopic (exact) mass is 1620 g/mol. The van der Waals surface area contributed by atoms with Crippen LogP contribution in [0.5, 0.6) is 0 Å². The van der Waals surface area contributed by atoms with Crippen molar-refractivity contribution in [3.8, 4) is 170 Å². The maximum absolute atomic E-state index is 4.78. The maximum atomic E-state index is 4.78. The fourth-order valence-corrected chi connectivity index (χ4v) is 13.1. The topological polar surface area (TPSA) is 232 Å². The molecule has 11 aromatic heterocycles. The van der Waals surface area contributed by atoms with Crippen molar-refractivity contribution in [1.82, 2.24) is 89.7 Å². The minimum absolute atomic E-state index is 0.528. The zero-order valence-electron chi connectivity index (χ0n) is 69.2. The van der Waals surface area contributed by atoms with E-state index in [1.54, 1.807) is 37.2 Å². The molecule has 18 heteroatoms. The Morgan fingerprint density at radius 1 is 0.144 bits per heavy atom. The molecule has 0 saturated carbocycles. The minimum Gasteiger partial charge on any atom is -0.261 e. The van der Waals surface area contributed by atoms with Crippen molar-refractivity contribution in [2.75, 3.05) is 0 Å². The van der Waals surface area contributed by atoms with Crippen LogP contribution in [0.4, 0.5) is 0 Å². The van der Waals surface area contributed by atoms with Crippen LogP contribution in [0, 0.1) is 34.6 Å². The maximum Gasteiger partial charge on any atom is 0.198 e. The third kappa shape index (κ3) is 21.8. The molecule has 20 rings (SSSR count). The first-order valence-corrected chi connectivity index (χ1v) is 40.7. The third-order valence-electron chi connectivity index (χ3n) is 19.7. The number of aromatic nitrogens is 18. The average molecular weight is 1620 g/mol. The summed E-state index contributed by atoms with van der Waals surface area (Å²) in [6.07, 6.45) is 14.3. The van der Waals surface area contributed by atoms with Crippen LogP contribution in [0.1, 0.15) is 28.2 Å². The zero-order chi connectivity index (χ0) is 85.3. The molecule has 0 radical (unpaired) electrons. The molecule has 0 aliphatic rings. The van der Waals surface area contributed by atoms with E-state index in [0.29, 0.717) is 34.9 Å². The van der Waals surface area contributed by atoms with Gasteiger partial charge in [0.15, 0.2) is 34.9 Å². The molecule has 0 fully saturated rings. The van der Waals surface area contributed by atoms with Gasteiger partial charge in [0, 0.05) is 111 Å². The van der Waals surface area contributed by atoms with Crippen molar-refractivity contribution >= 4 is 0 Å². The molecule has 0 aliphatic heterocycles. The molecule has 600 valence electrons. The highest BCUT2D eigenvalue weighted by Crippen LogP contribution is 2.34. The van der Waals surface area contributed by atoms with Crippen LogP contribution < -0.4 is 0 Å². The summed E-state index contributed by atoms with van der Waals surface area (Å²) in [5.41, 5.74) is 26.5. The zero-order valence-corrected chi connectivity index (χ0v) is 69.2. The number of aryl methyl sites for hydroxylation is 5. The van der Waals surface area contributed by atoms with E-state index in [1.807, 2.05) is 337 Å². The van der Waals surface area contributed by atoms with Crippen LogP contribution >= 0.6 is 0 Å². The Bertz CT molecular complexity index is 5590. The lowest BCUT2D eigenvalue weighted by atomic mass is 10.1. The smallest absolute Gasteiger partial charge is 0.198 e. The quantitative estimate of drug-likeness (QED) is 0.0928. The first kappa shape index (κ1) is 81.9. The standard InChI is InChI=1S/2C22H17N3.3C21H16N4/c1-16-12-13-19(15-23-16)22-24-20(17-8-4-2-5-9-17)14-21(25-22)18-10-6-3-7-11-18;1-16-12-13-19(23-15-16)22-24-20(17-8-4-2-5-9-17)14-21(25-22)18-10-6-3-7-11-18;1-15-8-10-16(11-9-15)21-24-19(17-6-2-4-12-22-17)14-20(25-21)18-7-3-5-13-23-18;1-15-22-13-18(14-23-15)21-24-19(16-8-4-2-5-9-16)12-20(25-21)17-10-6-3-7-11-17;1-15-13-22-20(23-14-15)21-24-18(16-8-4-2-5-9-16)12-19(25-21)17-10-6-3-7-11-17/h2*2-15H,1H3;3*2-14H,1H3. The van der Waals surface area contributed by atoms with E-state index >= 15 is 0 Å². The third-order valence-corrected chi connectivity index (χ3v) is 19.7. The van der Waals surface area contributed by atoms with Gasteiger partial charge in [-0.3, -0.25) is 19.9 Å². The van der Waals surface area contributed by atoms with Gasteiger partial charge in [-0.1, -0.05) is 291 Å². The second-order valence-corrected chi connectivity index (χ2v) is 29.0. The number of pyridine rings is 4. The minimum atomic E-state index is 0.528. The largest absolute Gasteiger partial charge is 0.261 e. The van der Waals surface area contributed by atoms with Gasteiger partial charge < -0.3 is 0 Å². The Morgan fingerprint density at radius 3 is 0.760 bits per heavy atom. The molecule has 0 amide bonds. The molecule has 0 spiro atoms. The van der Waals surface area contributed by atoms with Gasteiger partial charge in [-0.05, 0) is 119 Å². The average Bonchev–Trinajstić information content (AvgIpc) is 0.823. The van der Waals surface area contributed by atoms with Crippen molar-refractivity contribution in [3.05, 3.63) is 436 Å². The van der Waals surface area contributed by atoms with Crippen molar-refractivity contribution < 1.29 is 0 Å². The summed E-state index contributed by atoms with van der Waals surface area (Å²) in [7, 11) is 0. The fourth-order valence-electron chi connectivity index (χ4n) is 13.1. The number of nitrogens with zero attached hydrogens (tertiary/aromatic N) is 18. The van der Waals surface area contributed by atoms with Crippen molar-refractivity contribution in [2.45, 2.75) is 34.6 Å². The Kier molecular flexibility index (Phi) is 26.4. The Balaban J connectivity index is 0.000000115. The molecule has 0 unspecified atom stereocenters. The molecule has 20 aromatic rings. The van der Waals surface area contributed by atoms with E-state index in [0.717, 1.165) is 158 Å². The highest BCUT2D eigenvalue weighted by molar-refractivity contribution is 5.77. The van der Waals surface area contributed by atoms with Gasteiger partial charge in [0.2, 0.25) is 0 Å². The lowest BCUT2D eigenvalue weighted by Crippen LogP contribution is -1.99. The lowest BCUT2D eigenvalue weighted by molar-refractivity contribution is 1.04. The summed E-state index contributed by atoms with van der Waals surface area (Å²) in [6.45, 7) is 9.88. The molecule has 0 bridgehead atoms. The van der Waals surface area contributed by atoms with Crippen LogP contribution in [0.15, 0.2) is 407 Å². The van der Waals surface area contributed by atoms with E-state index < -0.39 is 0 Å². The van der Waals surface area contributed by atoms with Gasteiger partial charge in [0.05, 0.1) is 73.9 Å². The molecular weight excluding hydrogens is 1540 g/mol. The van der Waals surface area contributed by atoms with E-state index in [4.69, 9.17) is 49.8 Å². The molecule has 0 saturated heterocycles. The summed E-state index contributed by atoms with van der Waals surface area (Å²) in [4.78, 5) is 82.4. The summed E-state index contributed by atoms with van der Waals surface area (Å²) < 4.78 is 0. The number of rotatable bonds is 15. The predicted molar refractivity (Wildman–Crippen MR) is 498 cm³/mol. The van der Waals surface area contributed by atoms with Crippen molar-refractivity contribution in [1.29, 1.82) is 0 Å². The predicted octanol–water partition coefficient (Wildman–Crippen LogP) is 24.1. The van der Waals surface area contributed by atoms with Crippen LogP contribution in [-0.2, 0) is 0 Å². The molecule has 125 heavy (non-hydrogen) atoms. The molecule has 11 heterocycles. The second-order valence-electron chi connectivity index (χ2n) is 29.0. The van der Waals surface area contributed by atoms with Gasteiger partial charge in [-0.15, -0.1) is 0 Å². The summed E-state index contributed by atoms with van der Waals surface area (Å²) in [5.74, 6) is 4.41. The Labute approximate surface area is 725 Å². The van der Waals surface area contributed by atoms with Crippen LogP contribution in [0.25, 0.3) is 170 Å². The molecule has 18 nitrogen and oxygen atoms in total. The molecule has 0 N–H and O–H groups in total. The number of benzene rings is 9. The first-order chi connectivity index (χ1) is 61.5. The van der Waals surface area contributed by atoms with Gasteiger partial charge in [0.1, 0.15) is 11.5 Å². The van der Waals surface area contributed by atoms with E-state index in [-0.39, 0.29) is 0 Å². The van der Waals surface area contributed by atoms with E-state index in [1.165, 1.54) is 5.56 Å². The molecule has 0 atom stereocenters. The summed E-state index contributed by atoms with van der Waals surface area (Å²) in [5, 5.41) is 0. The van der Waals surface area contributed by atoms with Crippen LogP contribution in [0.2, 0.25) is 0 Å². The normalized spacial score (nSPS) is 10.6. The molecular formula is C107H82N18. The van der Waals surface area contributed by atoms with Crippen LogP contribution in [0.3, 0.4) is 0 Å². The first-order valence-electron chi connectivity index (χ1n) is 40.7. The Morgan fingerprint density at radius 2 is 0.432 bits per heavy atom. The van der Waals surface area contributed by atoms with E-state index in [2.05, 4.69) is 107 Å². The lowest BCUT2D eigenvalue weighted by Gasteiger charge is -2.09. The highest BCUT2D eigenvalue weighted by Gasteiger charge is 2.18. The number of hydrogen-bond donors (Lipinski definition) is 0. The fraction of sp³-hybridized carbons (Fsp3) is 0.0467.